The summed E-state index contributed by atoms with van der Waals surface area (Å²) in [6.45, 7) is 3.78. The Balaban J connectivity index is 1.55. The molecule has 3 rings (SSSR count). The molecule has 7 heteroatoms. The van der Waals surface area contributed by atoms with E-state index in [9.17, 15) is 9.59 Å². The van der Waals surface area contributed by atoms with Gasteiger partial charge in [0.25, 0.3) is 0 Å². The zero-order valence-corrected chi connectivity index (χ0v) is 15.8. The van der Waals surface area contributed by atoms with Crippen LogP contribution >= 0.6 is 11.6 Å². The zero-order chi connectivity index (χ0) is 18.5. The number of benzene rings is 1. The molecule has 2 saturated heterocycles. The number of carbonyl (C=O) groups excluding carboxylic acids is 2. The van der Waals surface area contributed by atoms with Crippen LogP contribution in [-0.4, -0.2) is 68.1 Å². The van der Waals surface area contributed by atoms with Crippen LogP contribution in [-0.2, 0) is 20.7 Å². The third-order valence-electron chi connectivity index (χ3n) is 5.14. The maximum absolute atomic E-state index is 12.7. The molecule has 26 heavy (non-hydrogen) atoms. The van der Waals surface area contributed by atoms with E-state index in [0.717, 1.165) is 0 Å². The van der Waals surface area contributed by atoms with Crippen LogP contribution in [0.1, 0.15) is 18.4 Å². The minimum Gasteiger partial charge on any atom is -0.496 e. The second-order valence-electron chi connectivity index (χ2n) is 6.69. The van der Waals surface area contributed by atoms with Crippen molar-refractivity contribution in [2.75, 3.05) is 46.5 Å². The Labute approximate surface area is 159 Å². The Bertz CT molecular complexity index is 653. The van der Waals surface area contributed by atoms with Gasteiger partial charge in [-0.05, 0) is 25.0 Å². The Morgan fingerprint density at radius 1 is 1.15 bits per heavy atom. The fourth-order valence-corrected chi connectivity index (χ4v) is 3.82. The maximum atomic E-state index is 12.7. The summed E-state index contributed by atoms with van der Waals surface area (Å²) in [5.41, 5.74) is 0.716. The van der Waals surface area contributed by atoms with Crippen LogP contribution < -0.4 is 4.74 Å². The third kappa shape index (κ3) is 4.30. The monoisotopic (exact) mass is 380 g/mol. The standard InChI is InChI=1S/C19H25ClN2O4/c1-25-17-4-2-3-16(20)15(17)13-18(23)21-7-5-14(6-8-21)19(24)22-9-11-26-12-10-22/h2-4,14H,5-13H2,1H3. The van der Waals surface area contributed by atoms with Crippen molar-refractivity contribution in [1.82, 2.24) is 9.80 Å². The molecule has 2 aliphatic rings. The number of hydrogen-bond acceptors (Lipinski definition) is 4. The lowest BCUT2D eigenvalue weighted by atomic mass is 9.94. The summed E-state index contributed by atoms with van der Waals surface area (Å²) >= 11 is 6.23. The summed E-state index contributed by atoms with van der Waals surface area (Å²) in [5.74, 6) is 0.858. The number of ether oxygens (including phenoxy) is 2. The van der Waals surface area contributed by atoms with Gasteiger partial charge in [-0.3, -0.25) is 9.59 Å². The van der Waals surface area contributed by atoms with Crippen LogP contribution in [0.25, 0.3) is 0 Å². The highest BCUT2D eigenvalue weighted by Gasteiger charge is 2.31. The SMILES string of the molecule is COc1cccc(Cl)c1CC(=O)N1CCC(C(=O)N2CCOCC2)CC1. The van der Waals surface area contributed by atoms with Crippen LogP contribution in [0.2, 0.25) is 5.02 Å². The van der Waals surface area contributed by atoms with Crippen LogP contribution in [0.4, 0.5) is 0 Å². The van der Waals surface area contributed by atoms with Gasteiger partial charge in [0.1, 0.15) is 5.75 Å². The molecule has 0 radical (unpaired) electrons. The summed E-state index contributed by atoms with van der Waals surface area (Å²) in [6.07, 6.45) is 1.63. The van der Waals surface area contributed by atoms with Crippen molar-refractivity contribution in [3.63, 3.8) is 0 Å². The van der Waals surface area contributed by atoms with Crippen molar-refractivity contribution in [2.45, 2.75) is 19.3 Å². The van der Waals surface area contributed by atoms with Crippen molar-refractivity contribution >= 4 is 23.4 Å². The highest BCUT2D eigenvalue weighted by Crippen LogP contribution is 2.28. The van der Waals surface area contributed by atoms with Gasteiger partial charge in [0, 0.05) is 42.7 Å². The Hall–Kier alpha value is -1.79. The van der Waals surface area contributed by atoms with E-state index in [4.69, 9.17) is 21.1 Å². The average molecular weight is 381 g/mol. The molecule has 2 amide bonds. The number of likely N-dealkylation sites (tertiary alicyclic amines) is 1. The third-order valence-corrected chi connectivity index (χ3v) is 5.50. The largest absolute Gasteiger partial charge is 0.496 e. The van der Waals surface area contributed by atoms with E-state index in [1.807, 2.05) is 15.9 Å². The number of rotatable bonds is 4. The number of halogens is 1. The minimum atomic E-state index is 0.00648. The molecular weight excluding hydrogens is 356 g/mol. The number of amides is 2. The van der Waals surface area contributed by atoms with E-state index in [1.54, 1.807) is 19.2 Å². The fraction of sp³-hybridized carbons (Fsp3) is 0.579. The van der Waals surface area contributed by atoms with Crippen molar-refractivity contribution in [3.05, 3.63) is 28.8 Å². The summed E-state index contributed by atoms with van der Waals surface area (Å²) in [7, 11) is 1.57. The average Bonchev–Trinajstić information content (AvgIpc) is 2.69. The van der Waals surface area contributed by atoms with E-state index in [2.05, 4.69) is 0 Å². The lowest BCUT2D eigenvalue weighted by molar-refractivity contribution is -0.143. The van der Waals surface area contributed by atoms with Gasteiger partial charge in [-0.2, -0.15) is 0 Å². The molecule has 1 aromatic carbocycles. The van der Waals surface area contributed by atoms with Gasteiger partial charge < -0.3 is 19.3 Å². The van der Waals surface area contributed by atoms with Crippen LogP contribution in [0.5, 0.6) is 5.75 Å². The molecule has 2 aliphatic heterocycles. The Morgan fingerprint density at radius 2 is 1.85 bits per heavy atom. The topological polar surface area (TPSA) is 59.1 Å². The van der Waals surface area contributed by atoms with E-state index < -0.39 is 0 Å². The molecule has 0 aromatic heterocycles. The first-order valence-corrected chi connectivity index (χ1v) is 9.43. The van der Waals surface area contributed by atoms with Crippen LogP contribution in [0, 0.1) is 5.92 Å². The van der Waals surface area contributed by atoms with Gasteiger partial charge in [0.05, 0.1) is 26.7 Å². The molecular formula is C19H25ClN2O4. The molecule has 6 nitrogen and oxygen atoms in total. The minimum absolute atomic E-state index is 0.00648. The molecule has 0 bridgehead atoms. The van der Waals surface area contributed by atoms with Crippen molar-refractivity contribution in [2.24, 2.45) is 5.92 Å². The van der Waals surface area contributed by atoms with E-state index in [-0.39, 0.29) is 24.2 Å². The molecule has 142 valence electrons. The quantitative estimate of drug-likeness (QED) is 0.801. The maximum Gasteiger partial charge on any atom is 0.227 e. The first-order chi connectivity index (χ1) is 12.6. The highest BCUT2D eigenvalue weighted by molar-refractivity contribution is 6.31. The van der Waals surface area contributed by atoms with Crippen LogP contribution in [0.15, 0.2) is 18.2 Å². The Kier molecular flexibility index (Phi) is 6.38. The molecule has 0 unspecified atom stereocenters. The van der Waals surface area contributed by atoms with Crippen molar-refractivity contribution < 1.29 is 19.1 Å². The van der Waals surface area contributed by atoms with Gasteiger partial charge in [-0.15, -0.1) is 0 Å². The first-order valence-electron chi connectivity index (χ1n) is 9.06. The zero-order valence-electron chi connectivity index (χ0n) is 15.1. The Morgan fingerprint density at radius 3 is 2.50 bits per heavy atom. The number of piperidine rings is 1. The molecule has 0 aliphatic carbocycles. The summed E-state index contributed by atoms with van der Waals surface area (Å²) in [6, 6.07) is 5.37. The molecule has 0 atom stereocenters. The normalized spacial score (nSPS) is 18.7. The molecule has 2 heterocycles. The second kappa shape index (κ2) is 8.73. The molecule has 0 saturated carbocycles. The van der Waals surface area contributed by atoms with Crippen molar-refractivity contribution in [3.8, 4) is 5.75 Å². The second-order valence-corrected chi connectivity index (χ2v) is 7.10. The van der Waals surface area contributed by atoms with Gasteiger partial charge in [-0.1, -0.05) is 17.7 Å². The van der Waals surface area contributed by atoms with E-state index >= 15 is 0 Å². The van der Waals surface area contributed by atoms with E-state index in [1.165, 1.54) is 0 Å². The summed E-state index contributed by atoms with van der Waals surface area (Å²) < 4.78 is 10.6. The highest BCUT2D eigenvalue weighted by atomic mass is 35.5. The van der Waals surface area contributed by atoms with E-state index in [0.29, 0.717) is 68.6 Å². The molecule has 0 spiro atoms. The molecule has 1 aromatic rings. The molecule has 2 fully saturated rings. The lowest BCUT2D eigenvalue weighted by Crippen LogP contribution is -2.47. The number of methoxy groups -OCH3 is 1. The summed E-state index contributed by atoms with van der Waals surface area (Å²) in [4.78, 5) is 29.0. The lowest BCUT2D eigenvalue weighted by Gasteiger charge is -2.35. The summed E-state index contributed by atoms with van der Waals surface area (Å²) in [5, 5.41) is 0.537. The smallest absolute Gasteiger partial charge is 0.227 e. The predicted molar refractivity (Wildman–Crippen MR) is 98.4 cm³/mol. The fourth-order valence-electron chi connectivity index (χ4n) is 3.58. The first kappa shape index (κ1) is 19.0. The van der Waals surface area contributed by atoms with Gasteiger partial charge in [0.2, 0.25) is 11.8 Å². The van der Waals surface area contributed by atoms with Gasteiger partial charge >= 0.3 is 0 Å². The predicted octanol–water partition coefficient (Wildman–Crippen LogP) is 1.99. The number of nitrogens with zero attached hydrogens (tertiary/aromatic N) is 2. The number of morpholine rings is 1. The number of carbonyl (C=O) groups is 2. The molecule has 0 N–H and O–H groups in total. The van der Waals surface area contributed by atoms with Gasteiger partial charge in [-0.25, -0.2) is 0 Å². The number of hydrogen-bond donors (Lipinski definition) is 0. The van der Waals surface area contributed by atoms with Crippen LogP contribution in [0.3, 0.4) is 0 Å². The van der Waals surface area contributed by atoms with Gasteiger partial charge in [0.15, 0.2) is 0 Å². The van der Waals surface area contributed by atoms with Crippen molar-refractivity contribution in [1.29, 1.82) is 0 Å².